The average molecular weight is 328 g/mol. The number of rotatable bonds is 5. The normalized spacial score (nSPS) is 11.1. The fourth-order valence-electron chi connectivity index (χ4n) is 2.54. The first-order valence-corrected chi connectivity index (χ1v) is 8.43. The summed E-state index contributed by atoms with van der Waals surface area (Å²) in [6.45, 7) is 5.16. The van der Waals surface area contributed by atoms with Crippen molar-refractivity contribution in [3.8, 4) is 11.4 Å². The van der Waals surface area contributed by atoms with Gasteiger partial charge in [0.15, 0.2) is 5.82 Å². The van der Waals surface area contributed by atoms with Gasteiger partial charge in [-0.3, -0.25) is 4.98 Å². The molecule has 0 spiro atoms. The zero-order valence-electron chi connectivity index (χ0n) is 13.6. The molecule has 3 heterocycles. The number of thiophene rings is 1. The maximum Gasteiger partial charge on any atom is 0.164 e. The Bertz CT molecular complexity index is 816. The number of aliphatic hydroxyl groups excluding tert-OH is 1. The van der Waals surface area contributed by atoms with Crippen molar-refractivity contribution in [2.24, 2.45) is 0 Å². The van der Waals surface area contributed by atoms with Crippen molar-refractivity contribution >= 4 is 27.4 Å². The van der Waals surface area contributed by atoms with Crippen LogP contribution in [0.25, 0.3) is 21.6 Å². The van der Waals surface area contributed by atoms with Gasteiger partial charge in [0.05, 0.1) is 5.39 Å². The smallest absolute Gasteiger partial charge is 0.164 e. The Balaban J connectivity index is 2.18. The minimum atomic E-state index is 0.176. The second-order valence-electron chi connectivity index (χ2n) is 5.57. The summed E-state index contributed by atoms with van der Waals surface area (Å²) in [4.78, 5) is 18.1. The molecule has 3 aromatic rings. The molecule has 6 heteroatoms. The molecule has 1 N–H and O–H groups in total. The largest absolute Gasteiger partial charge is 0.396 e. The van der Waals surface area contributed by atoms with E-state index in [0.29, 0.717) is 12.2 Å². The van der Waals surface area contributed by atoms with E-state index in [9.17, 15) is 0 Å². The molecule has 0 saturated heterocycles. The van der Waals surface area contributed by atoms with Crippen molar-refractivity contribution in [3.63, 3.8) is 0 Å². The van der Waals surface area contributed by atoms with Gasteiger partial charge < -0.3 is 10.0 Å². The van der Waals surface area contributed by atoms with Crippen LogP contribution in [0, 0.1) is 13.8 Å². The van der Waals surface area contributed by atoms with Gasteiger partial charge in [0.2, 0.25) is 0 Å². The van der Waals surface area contributed by atoms with E-state index < -0.39 is 0 Å². The minimum absolute atomic E-state index is 0.176. The molecule has 0 aliphatic carbocycles. The minimum Gasteiger partial charge on any atom is -0.396 e. The number of nitrogens with zero attached hydrogens (tertiary/aromatic N) is 4. The van der Waals surface area contributed by atoms with Crippen molar-refractivity contribution < 1.29 is 5.11 Å². The fourth-order valence-corrected chi connectivity index (χ4v) is 3.57. The third-order valence-electron chi connectivity index (χ3n) is 3.94. The SMILES string of the molecule is Cc1sc2nc(-c3cccnc3)nc(N(C)CCCO)c2c1C. The van der Waals surface area contributed by atoms with Crippen molar-refractivity contribution in [1.29, 1.82) is 0 Å². The number of anilines is 1. The molecule has 0 unspecified atom stereocenters. The number of hydrogen-bond acceptors (Lipinski definition) is 6. The van der Waals surface area contributed by atoms with Crippen LogP contribution in [0.4, 0.5) is 5.82 Å². The standard InChI is InChI=1S/C17H20N4OS/c1-11-12(2)23-17-14(11)16(21(3)8-5-9-22)19-15(20-17)13-6-4-7-18-10-13/h4,6-7,10,22H,5,8-9H2,1-3H3. The maximum absolute atomic E-state index is 9.10. The predicted molar refractivity (Wildman–Crippen MR) is 95.1 cm³/mol. The Morgan fingerprint density at radius 3 is 2.78 bits per heavy atom. The first-order chi connectivity index (χ1) is 11.1. The predicted octanol–water partition coefficient (Wildman–Crippen LogP) is 3.19. The highest BCUT2D eigenvalue weighted by molar-refractivity contribution is 7.18. The van der Waals surface area contributed by atoms with Gasteiger partial charge in [-0.25, -0.2) is 9.97 Å². The zero-order valence-corrected chi connectivity index (χ0v) is 14.4. The van der Waals surface area contributed by atoms with E-state index in [2.05, 4.69) is 23.7 Å². The number of fused-ring (bicyclic) bond motifs is 1. The van der Waals surface area contributed by atoms with Gasteiger partial charge in [-0.15, -0.1) is 11.3 Å². The molecule has 0 aliphatic heterocycles. The summed E-state index contributed by atoms with van der Waals surface area (Å²) < 4.78 is 0. The lowest BCUT2D eigenvalue weighted by atomic mass is 10.2. The number of pyridine rings is 1. The first-order valence-electron chi connectivity index (χ1n) is 7.62. The molecule has 0 radical (unpaired) electrons. The second kappa shape index (κ2) is 6.60. The molecule has 0 atom stereocenters. The molecule has 120 valence electrons. The molecule has 0 amide bonds. The molecular formula is C17H20N4OS. The number of aryl methyl sites for hydroxylation is 2. The Morgan fingerprint density at radius 2 is 2.09 bits per heavy atom. The van der Waals surface area contributed by atoms with Crippen LogP contribution in [0.1, 0.15) is 16.9 Å². The molecule has 0 saturated carbocycles. The Hall–Kier alpha value is -2.05. The molecule has 0 bridgehead atoms. The first kappa shape index (κ1) is 15.8. The van der Waals surface area contributed by atoms with Gasteiger partial charge >= 0.3 is 0 Å². The van der Waals surface area contributed by atoms with E-state index in [4.69, 9.17) is 15.1 Å². The van der Waals surface area contributed by atoms with Crippen LogP contribution >= 0.6 is 11.3 Å². The van der Waals surface area contributed by atoms with Gasteiger partial charge in [-0.1, -0.05) is 0 Å². The van der Waals surface area contributed by atoms with Crippen molar-refractivity contribution in [2.45, 2.75) is 20.3 Å². The summed E-state index contributed by atoms with van der Waals surface area (Å²) in [6.07, 6.45) is 4.24. The van der Waals surface area contributed by atoms with Crippen LogP contribution in [0.5, 0.6) is 0 Å². The third-order valence-corrected chi connectivity index (χ3v) is 5.04. The van der Waals surface area contributed by atoms with E-state index in [1.165, 1.54) is 10.4 Å². The number of hydrogen-bond donors (Lipinski definition) is 1. The van der Waals surface area contributed by atoms with Crippen LogP contribution in [0.2, 0.25) is 0 Å². The summed E-state index contributed by atoms with van der Waals surface area (Å²) in [5, 5.41) is 10.2. The van der Waals surface area contributed by atoms with Crippen molar-refractivity contribution in [3.05, 3.63) is 35.0 Å². The molecule has 3 aromatic heterocycles. The summed E-state index contributed by atoms with van der Waals surface area (Å²) in [7, 11) is 2.01. The summed E-state index contributed by atoms with van der Waals surface area (Å²) >= 11 is 1.70. The molecular weight excluding hydrogens is 308 g/mol. The Labute approximate surface area is 139 Å². The highest BCUT2D eigenvalue weighted by Crippen LogP contribution is 2.36. The molecule has 0 aromatic carbocycles. The third kappa shape index (κ3) is 3.04. The fraction of sp³-hybridized carbons (Fsp3) is 0.353. The summed E-state index contributed by atoms with van der Waals surface area (Å²) in [5.41, 5.74) is 2.14. The van der Waals surface area contributed by atoms with Crippen LogP contribution in [0.15, 0.2) is 24.5 Å². The summed E-state index contributed by atoms with van der Waals surface area (Å²) in [5.74, 6) is 1.61. The second-order valence-corrected chi connectivity index (χ2v) is 6.78. The van der Waals surface area contributed by atoms with E-state index in [-0.39, 0.29) is 6.61 Å². The van der Waals surface area contributed by atoms with Crippen molar-refractivity contribution in [1.82, 2.24) is 15.0 Å². The average Bonchev–Trinajstić information content (AvgIpc) is 2.87. The lowest BCUT2D eigenvalue weighted by Gasteiger charge is -2.19. The molecule has 5 nitrogen and oxygen atoms in total. The van der Waals surface area contributed by atoms with E-state index in [0.717, 1.165) is 28.1 Å². The monoisotopic (exact) mass is 328 g/mol. The number of aliphatic hydroxyl groups is 1. The molecule has 0 fully saturated rings. The van der Waals surface area contributed by atoms with Gasteiger partial charge in [0.1, 0.15) is 10.6 Å². The van der Waals surface area contributed by atoms with Crippen LogP contribution in [-0.4, -0.2) is 40.3 Å². The van der Waals surface area contributed by atoms with E-state index >= 15 is 0 Å². The van der Waals surface area contributed by atoms with E-state index in [1.807, 2.05) is 19.2 Å². The highest BCUT2D eigenvalue weighted by atomic mass is 32.1. The lowest BCUT2D eigenvalue weighted by Crippen LogP contribution is -2.21. The van der Waals surface area contributed by atoms with Gasteiger partial charge in [-0.05, 0) is 38.0 Å². The van der Waals surface area contributed by atoms with Gasteiger partial charge in [0.25, 0.3) is 0 Å². The van der Waals surface area contributed by atoms with Crippen molar-refractivity contribution in [2.75, 3.05) is 25.1 Å². The van der Waals surface area contributed by atoms with Crippen LogP contribution < -0.4 is 4.90 Å². The zero-order chi connectivity index (χ0) is 16.4. The highest BCUT2D eigenvalue weighted by Gasteiger charge is 2.18. The molecule has 3 rings (SSSR count). The Kier molecular flexibility index (Phi) is 4.54. The van der Waals surface area contributed by atoms with E-state index in [1.54, 1.807) is 23.7 Å². The topological polar surface area (TPSA) is 62.1 Å². The molecule has 23 heavy (non-hydrogen) atoms. The van der Waals surface area contributed by atoms with Crippen LogP contribution in [0.3, 0.4) is 0 Å². The quantitative estimate of drug-likeness (QED) is 0.779. The van der Waals surface area contributed by atoms with Crippen LogP contribution in [-0.2, 0) is 0 Å². The van der Waals surface area contributed by atoms with Gasteiger partial charge in [0, 0.05) is 43.0 Å². The van der Waals surface area contributed by atoms with Gasteiger partial charge in [-0.2, -0.15) is 0 Å². The molecule has 0 aliphatic rings. The maximum atomic E-state index is 9.10. The Morgan fingerprint density at radius 1 is 1.26 bits per heavy atom. The lowest BCUT2D eigenvalue weighted by molar-refractivity contribution is 0.290. The summed E-state index contributed by atoms with van der Waals surface area (Å²) in [6, 6.07) is 3.86. The number of aromatic nitrogens is 3.